The van der Waals surface area contributed by atoms with Crippen LogP contribution in [0.3, 0.4) is 0 Å². The van der Waals surface area contributed by atoms with Crippen LogP contribution in [-0.4, -0.2) is 44.3 Å². The van der Waals surface area contributed by atoms with Crippen molar-refractivity contribution in [3.63, 3.8) is 0 Å². The topological polar surface area (TPSA) is 38.5 Å². The van der Waals surface area contributed by atoms with Crippen molar-refractivity contribution in [3.8, 4) is 0 Å². The van der Waals surface area contributed by atoms with Crippen LogP contribution < -0.4 is 5.73 Å². The summed E-state index contributed by atoms with van der Waals surface area (Å²) in [5, 5.41) is 0. The van der Waals surface area contributed by atoms with Crippen LogP contribution in [0.4, 0.5) is 0 Å². The number of nitrogens with two attached hydrogens (primary N) is 1. The molecule has 0 aromatic rings. The first kappa shape index (κ1) is 7.53. The van der Waals surface area contributed by atoms with E-state index in [1.807, 2.05) is 0 Å². The SMILES string of the molecule is CN1CC2(CCOCC2N)C1. The fraction of sp³-hybridized carbons (Fsp3) is 1.00. The van der Waals surface area contributed by atoms with Crippen LogP contribution in [0.2, 0.25) is 0 Å². The van der Waals surface area contributed by atoms with Gasteiger partial charge >= 0.3 is 0 Å². The molecule has 0 aromatic heterocycles. The molecule has 0 aliphatic carbocycles. The molecule has 1 unspecified atom stereocenters. The molecular formula is C8H16N2O. The maximum atomic E-state index is 5.99. The Labute approximate surface area is 67.5 Å². The molecule has 0 bridgehead atoms. The summed E-state index contributed by atoms with van der Waals surface area (Å²) < 4.78 is 5.30. The number of nitrogens with zero attached hydrogens (tertiary/aromatic N) is 1. The van der Waals surface area contributed by atoms with Crippen LogP contribution in [0.1, 0.15) is 6.42 Å². The normalized spacial score (nSPS) is 37.1. The monoisotopic (exact) mass is 156 g/mol. The van der Waals surface area contributed by atoms with Gasteiger partial charge in [0.1, 0.15) is 0 Å². The van der Waals surface area contributed by atoms with Gasteiger partial charge in [0, 0.05) is 31.2 Å². The molecule has 2 fully saturated rings. The van der Waals surface area contributed by atoms with E-state index in [2.05, 4.69) is 11.9 Å². The Morgan fingerprint density at radius 3 is 2.82 bits per heavy atom. The number of hydrogen-bond donors (Lipinski definition) is 1. The smallest absolute Gasteiger partial charge is 0.0623 e. The molecule has 0 radical (unpaired) electrons. The van der Waals surface area contributed by atoms with Gasteiger partial charge in [0.05, 0.1) is 6.61 Å². The average molecular weight is 156 g/mol. The van der Waals surface area contributed by atoms with E-state index in [1.54, 1.807) is 0 Å². The summed E-state index contributed by atoms with van der Waals surface area (Å²) in [6, 6.07) is 0.271. The standard InChI is InChI=1S/C8H16N2O/c1-10-5-8(6-10)2-3-11-4-7(8)9/h7H,2-6,9H2,1H3. The van der Waals surface area contributed by atoms with E-state index in [9.17, 15) is 0 Å². The largest absolute Gasteiger partial charge is 0.380 e. The minimum atomic E-state index is 0.271. The maximum Gasteiger partial charge on any atom is 0.0623 e. The predicted molar refractivity (Wildman–Crippen MR) is 43.3 cm³/mol. The summed E-state index contributed by atoms with van der Waals surface area (Å²) in [6.45, 7) is 3.99. The Bertz CT molecular complexity index is 149. The number of hydrogen-bond acceptors (Lipinski definition) is 3. The van der Waals surface area contributed by atoms with E-state index >= 15 is 0 Å². The first-order valence-electron chi connectivity index (χ1n) is 4.25. The fourth-order valence-corrected chi connectivity index (χ4v) is 2.27. The van der Waals surface area contributed by atoms with Crippen molar-refractivity contribution in [1.82, 2.24) is 4.90 Å². The molecule has 1 spiro atoms. The van der Waals surface area contributed by atoms with Crippen molar-refractivity contribution < 1.29 is 4.74 Å². The van der Waals surface area contributed by atoms with Gasteiger partial charge in [0.25, 0.3) is 0 Å². The molecule has 2 aliphatic heterocycles. The van der Waals surface area contributed by atoms with E-state index in [0.29, 0.717) is 5.41 Å². The Kier molecular flexibility index (Phi) is 1.67. The highest BCUT2D eigenvalue weighted by Crippen LogP contribution is 2.37. The van der Waals surface area contributed by atoms with E-state index < -0.39 is 0 Å². The molecule has 0 saturated carbocycles. The lowest BCUT2D eigenvalue weighted by atomic mass is 9.71. The highest BCUT2D eigenvalue weighted by Gasteiger charge is 2.47. The predicted octanol–water partition coefficient (Wildman–Crippen LogP) is -0.334. The molecule has 2 N–H and O–H groups in total. The zero-order chi connectivity index (χ0) is 7.90. The summed E-state index contributed by atoms with van der Waals surface area (Å²) in [4.78, 5) is 2.32. The van der Waals surface area contributed by atoms with Crippen molar-refractivity contribution in [3.05, 3.63) is 0 Å². The molecule has 11 heavy (non-hydrogen) atoms. The maximum absolute atomic E-state index is 5.99. The Balaban J connectivity index is 2.00. The Hall–Kier alpha value is -0.120. The van der Waals surface area contributed by atoms with Crippen molar-refractivity contribution >= 4 is 0 Å². The molecule has 2 aliphatic rings. The lowest BCUT2D eigenvalue weighted by molar-refractivity contribution is -0.0858. The van der Waals surface area contributed by atoms with Crippen LogP contribution in [0.5, 0.6) is 0 Å². The van der Waals surface area contributed by atoms with Crippen molar-refractivity contribution in [2.45, 2.75) is 12.5 Å². The highest BCUT2D eigenvalue weighted by molar-refractivity contribution is 5.01. The zero-order valence-corrected chi connectivity index (χ0v) is 7.05. The molecule has 3 nitrogen and oxygen atoms in total. The van der Waals surface area contributed by atoms with Crippen LogP contribution in [0, 0.1) is 5.41 Å². The van der Waals surface area contributed by atoms with Gasteiger partial charge in [-0.15, -0.1) is 0 Å². The summed E-state index contributed by atoms with van der Waals surface area (Å²) in [7, 11) is 2.15. The van der Waals surface area contributed by atoms with Crippen LogP contribution >= 0.6 is 0 Å². The second-order valence-corrected chi connectivity index (χ2v) is 3.97. The lowest BCUT2D eigenvalue weighted by Gasteiger charge is -2.54. The quantitative estimate of drug-likeness (QED) is 0.522. The first-order valence-corrected chi connectivity index (χ1v) is 4.25. The van der Waals surface area contributed by atoms with Crippen LogP contribution in [-0.2, 0) is 4.74 Å². The fourth-order valence-electron chi connectivity index (χ4n) is 2.27. The summed E-state index contributed by atoms with van der Waals surface area (Å²) in [5.41, 5.74) is 6.40. The molecule has 2 rings (SSSR count). The van der Waals surface area contributed by atoms with Gasteiger partial charge in [0.2, 0.25) is 0 Å². The summed E-state index contributed by atoms with van der Waals surface area (Å²) >= 11 is 0. The van der Waals surface area contributed by atoms with E-state index in [-0.39, 0.29) is 6.04 Å². The van der Waals surface area contributed by atoms with E-state index in [1.165, 1.54) is 0 Å². The van der Waals surface area contributed by atoms with Gasteiger partial charge in [-0.05, 0) is 13.5 Å². The van der Waals surface area contributed by atoms with Gasteiger partial charge in [-0.3, -0.25) is 0 Å². The van der Waals surface area contributed by atoms with Crippen LogP contribution in [0.15, 0.2) is 0 Å². The van der Waals surface area contributed by atoms with Crippen molar-refractivity contribution in [1.29, 1.82) is 0 Å². The van der Waals surface area contributed by atoms with Crippen molar-refractivity contribution in [2.24, 2.45) is 11.1 Å². The molecule has 2 saturated heterocycles. The Morgan fingerprint density at radius 2 is 2.27 bits per heavy atom. The lowest BCUT2D eigenvalue weighted by Crippen LogP contribution is -2.66. The van der Waals surface area contributed by atoms with Crippen LogP contribution in [0.25, 0.3) is 0 Å². The summed E-state index contributed by atoms with van der Waals surface area (Å²) in [5.74, 6) is 0. The van der Waals surface area contributed by atoms with Crippen molar-refractivity contribution in [2.75, 3.05) is 33.4 Å². The first-order chi connectivity index (χ1) is 5.23. The number of rotatable bonds is 0. The van der Waals surface area contributed by atoms with Gasteiger partial charge in [-0.25, -0.2) is 0 Å². The third-order valence-electron chi connectivity index (χ3n) is 3.00. The van der Waals surface area contributed by atoms with Gasteiger partial charge < -0.3 is 15.4 Å². The minimum absolute atomic E-state index is 0.271. The molecule has 0 aromatic carbocycles. The number of likely N-dealkylation sites (tertiary alicyclic amines) is 1. The third-order valence-corrected chi connectivity index (χ3v) is 3.00. The minimum Gasteiger partial charge on any atom is -0.380 e. The summed E-state index contributed by atoms with van der Waals surface area (Å²) in [6.07, 6.45) is 1.15. The zero-order valence-electron chi connectivity index (χ0n) is 7.05. The second kappa shape index (κ2) is 2.44. The van der Waals surface area contributed by atoms with Gasteiger partial charge in [-0.1, -0.05) is 0 Å². The molecule has 64 valence electrons. The highest BCUT2D eigenvalue weighted by atomic mass is 16.5. The average Bonchev–Trinajstić information content (AvgIpc) is 1.92. The molecular weight excluding hydrogens is 140 g/mol. The second-order valence-electron chi connectivity index (χ2n) is 3.97. The van der Waals surface area contributed by atoms with Gasteiger partial charge in [0.15, 0.2) is 0 Å². The molecule has 0 amide bonds. The van der Waals surface area contributed by atoms with E-state index in [4.69, 9.17) is 10.5 Å². The Morgan fingerprint density at radius 1 is 1.55 bits per heavy atom. The van der Waals surface area contributed by atoms with Gasteiger partial charge in [-0.2, -0.15) is 0 Å². The third kappa shape index (κ3) is 1.08. The number of ether oxygens (including phenoxy) is 1. The molecule has 3 heteroatoms. The molecule has 1 atom stereocenters. The molecule has 2 heterocycles. The van der Waals surface area contributed by atoms with E-state index in [0.717, 1.165) is 32.7 Å².